The molecule has 2 aromatic rings. The molecule has 3 nitrogen and oxygen atoms in total. The van der Waals surface area contributed by atoms with Gasteiger partial charge in [0.1, 0.15) is 5.03 Å². The predicted octanol–water partition coefficient (Wildman–Crippen LogP) is 3.07. The Morgan fingerprint density at radius 2 is 2.06 bits per heavy atom. The summed E-state index contributed by atoms with van der Waals surface area (Å²) in [7, 11) is 0. The van der Waals surface area contributed by atoms with Crippen LogP contribution in [0.4, 0.5) is 0 Å². The Labute approximate surface area is 111 Å². The van der Waals surface area contributed by atoms with Gasteiger partial charge in [-0.15, -0.1) is 0 Å². The molecule has 1 heterocycles. The van der Waals surface area contributed by atoms with Crippen molar-refractivity contribution >= 4 is 17.5 Å². The van der Waals surface area contributed by atoms with Crippen LogP contribution in [0.25, 0.3) is 0 Å². The fourth-order valence-electron chi connectivity index (χ4n) is 1.50. The zero-order chi connectivity index (χ0) is 13.0. The molecule has 0 saturated heterocycles. The number of hydrogen-bond donors (Lipinski definition) is 0. The molecular formula is C14H14N2OS. The molecule has 0 atom stereocenters. The van der Waals surface area contributed by atoms with Gasteiger partial charge < -0.3 is 0 Å². The Kier molecular flexibility index (Phi) is 4.10. The first-order chi connectivity index (χ1) is 8.66. The molecule has 0 aliphatic heterocycles. The predicted molar refractivity (Wildman–Crippen MR) is 73.0 cm³/mol. The summed E-state index contributed by atoms with van der Waals surface area (Å²) < 4.78 is 0. The van der Waals surface area contributed by atoms with Crippen LogP contribution in [0, 0.1) is 13.8 Å². The molecule has 0 aliphatic carbocycles. The van der Waals surface area contributed by atoms with Crippen molar-refractivity contribution < 1.29 is 4.79 Å². The van der Waals surface area contributed by atoms with Crippen LogP contribution in [0.3, 0.4) is 0 Å². The third kappa shape index (κ3) is 3.17. The van der Waals surface area contributed by atoms with Crippen molar-refractivity contribution in [1.29, 1.82) is 0 Å². The number of aryl methyl sites for hydroxylation is 2. The Hall–Kier alpha value is -1.68. The van der Waals surface area contributed by atoms with Gasteiger partial charge in [-0.3, -0.25) is 9.78 Å². The molecule has 0 bridgehead atoms. The fraction of sp³-hybridized carbons (Fsp3) is 0.214. The van der Waals surface area contributed by atoms with Gasteiger partial charge in [-0.1, -0.05) is 23.9 Å². The number of hydrogen-bond acceptors (Lipinski definition) is 4. The Balaban J connectivity index is 2.02. The molecule has 0 aliphatic rings. The highest BCUT2D eigenvalue weighted by molar-refractivity contribution is 7.99. The quantitative estimate of drug-likeness (QED) is 0.624. The topological polar surface area (TPSA) is 42.9 Å². The summed E-state index contributed by atoms with van der Waals surface area (Å²) in [5.74, 6) is 0.509. The molecule has 18 heavy (non-hydrogen) atoms. The van der Waals surface area contributed by atoms with E-state index >= 15 is 0 Å². The van der Waals surface area contributed by atoms with Crippen LogP contribution in [-0.4, -0.2) is 21.5 Å². The lowest BCUT2D eigenvalue weighted by atomic mass is 10.0. The lowest BCUT2D eigenvalue weighted by Gasteiger charge is -2.04. The van der Waals surface area contributed by atoms with Crippen LogP contribution in [0.15, 0.2) is 41.8 Å². The Morgan fingerprint density at radius 3 is 2.72 bits per heavy atom. The molecule has 92 valence electrons. The number of ketones is 1. The van der Waals surface area contributed by atoms with Crippen LogP contribution in [0.5, 0.6) is 0 Å². The summed E-state index contributed by atoms with van der Waals surface area (Å²) in [6.07, 6.45) is 4.91. The van der Waals surface area contributed by atoms with E-state index in [4.69, 9.17) is 0 Å². The second kappa shape index (κ2) is 5.78. The average molecular weight is 258 g/mol. The summed E-state index contributed by atoms with van der Waals surface area (Å²) in [5, 5.41) is 0.773. The molecule has 0 spiro atoms. The van der Waals surface area contributed by atoms with Crippen molar-refractivity contribution in [2.24, 2.45) is 0 Å². The SMILES string of the molecule is Cc1ccc(C(=O)CSc2cnccn2)cc1C. The minimum absolute atomic E-state index is 0.119. The number of carbonyl (C=O) groups is 1. The van der Waals surface area contributed by atoms with E-state index in [0.717, 1.165) is 16.2 Å². The monoisotopic (exact) mass is 258 g/mol. The van der Waals surface area contributed by atoms with Crippen molar-refractivity contribution in [3.8, 4) is 0 Å². The molecular weight excluding hydrogens is 244 g/mol. The number of nitrogens with zero attached hydrogens (tertiary/aromatic N) is 2. The summed E-state index contributed by atoms with van der Waals surface area (Å²) in [6, 6.07) is 5.80. The minimum atomic E-state index is 0.119. The van der Waals surface area contributed by atoms with E-state index < -0.39 is 0 Å². The minimum Gasteiger partial charge on any atom is -0.293 e. The van der Waals surface area contributed by atoms with Crippen LogP contribution in [0.1, 0.15) is 21.5 Å². The van der Waals surface area contributed by atoms with Crippen LogP contribution >= 0.6 is 11.8 Å². The van der Waals surface area contributed by atoms with Crippen LogP contribution in [-0.2, 0) is 0 Å². The normalized spacial score (nSPS) is 10.3. The van der Waals surface area contributed by atoms with Gasteiger partial charge >= 0.3 is 0 Å². The molecule has 0 amide bonds. The maximum Gasteiger partial charge on any atom is 0.173 e. The van der Waals surface area contributed by atoms with Crippen molar-refractivity contribution in [3.63, 3.8) is 0 Å². The van der Waals surface area contributed by atoms with Crippen molar-refractivity contribution in [2.45, 2.75) is 18.9 Å². The summed E-state index contributed by atoms with van der Waals surface area (Å²) in [6.45, 7) is 4.06. The average Bonchev–Trinajstić information content (AvgIpc) is 2.40. The maximum absolute atomic E-state index is 12.0. The number of thioether (sulfide) groups is 1. The lowest BCUT2D eigenvalue weighted by Crippen LogP contribution is -2.03. The Bertz CT molecular complexity index is 555. The van der Waals surface area contributed by atoms with Gasteiger partial charge in [0, 0.05) is 18.0 Å². The molecule has 1 aromatic carbocycles. The van der Waals surface area contributed by atoms with Gasteiger partial charge in [0.05, 0.1) is 11.9 Å². The van der Waals surface area contributed by atoms with Gasteiger partial charge in [0.25, 0.3) is 0 Å². The Morgan fingerprint density at radius 1 is 1.22 bits per heavy atom. The zero-order valence-electron chi connectivity index (χ0n) is 10.4. The molecule has 0 radical (unpaired) electrons. The van der Waals surface area contributed by atoms with E-state index in [1.165, 1.54) is 17.3 Å². The molecule has 0 saturated carbocycles. The second-order valence-corrected chi connectivity index (χ2v) is 5.05. The van der Waals surface area contributed by atoms with E-state index in [0.29, 0.717) is 5.75 Å². The smallest absolute Gasteiger partial charge is 0.173 e. The second-order valence-electron chi connectivity index (χ2n) is 4.05. The number of Topliss-reactive ketones (excluding diaryl/α,β-unsaturated/α-hetero) is 1. The first-order valence-corrected chi connectivity index (χ1v) is 6.64. The van der Waals surface area contributed by atoms with Crippen molar-refractivity contribution in [1.82, 2.24) is 9.97 Å². The number of aromatic nitrogens is 2. The molecule has 4 heteroatoms. The standard InChI is InChI=1S/C14H14N2OS/c1-10-3-4-12(7-11(10)2)13(17)9-18-14-8-15-5-6-16-14/h3-8H,9H2,1-2H3. The summed E-state index contributed by atoms with van der Waals surface area (Å²) in [4.78, 5) is 20.1. The van der Waals surface area contributed by atoms with Gasteiger partial charge in [-0.25, -0.2) is 4.98 Å². The molecule has 2 rings (SSSR count). The van der Waals surface area contributed by atoms with Crippen molar-refractivity contribution in [2.75, 3.05) is 5.75 Å². The number of carbonyl (C=O) groups excluding carboxylic acids is 1. The number of benzene rings is 1. The molecule has 0 N–H and O–H groups in total. The number of rotatable bonds is 4. The molecule has 0 fully saturated rings. The highest BCUT2D eigenvalue weighted by Gasteiger charge is 2.08. The first-order valence-electron chi connectivity index (χ1n) is 5.66. The lowest BCUT2D eigenvalue weighted by molar-refractivity contribution is 0.102. The third-order valence-corrected chi connectivity index (χ3v) is 3.63. The van der Waals surface area contributed by atoms with E-state index in [2.05, 4.69) is 9.97 Å². The maximum atomic E-state index is 12.0. The van der Waals surface area contributed by atoms with Gasteiger partial charge in [0.2, 0.25) is 0 Å². The highest BCUT2D eigenvalue weighted by Crippen LogP contribution is 2.17. The van der Waals surface area contributed by atoms with E-state index in [1.54, 1.807) is 18.6 Å². The molecule has 1 aromatic heterocycles. The zero-order valence-corrected chi connectivity index (χ0v) is 11.2. The summed E-state index contributed by atoms with van der Waals surface area (Å²) in [5.41, 5.74) is 3.10. The van der Waals surface area contributed by atoms with E-state index in [1.807, 2.05) is 32.0 Å². The van der Waals surface area contributed by atoms with Crippen LogP contribution in [0.2, 0.25) is 0 Å². The highest BCUT2D eigenvalue weighted by atomic mass is 32.2. The van der Waals surface area contributed by atoms with Crippen LogP contribution < -0.4 is 0 Å². The third-order valence-electron chi connectivity index (χ3n) is 2.72. The van der Waals surface area contributed by atoms with E-state index in [9.17, 15) is 4.79 Å². The fourth-order valence-corrected chi connectivity index (χ4v) is 2.21. The van der Waals surface area contributed by atoms with Gasteiger partial charge in [-0.05, 0) is 31.0 Å². The van der Waals surface area contributed by atoms with Gasteiger partial charge in [0.15, 0.2) is 5.78 Å². The van der Waals surface area contributed by atoms with Gasteiger partial charge in [-0.2, -0.15) is 0 Å². The summed E-state index contributed by atoms with van der Waals surface area (Å²) >= 11 is 1.41. The molecule has 0 unspecified atom stereocenters. The van der Waals surface area contributed by atoms with E-state index in [-0.39, 0.29) is 5.78 Å². The first kappa shape index (κ1) is 12.8. The van der Waals surface area contributed by atoms with Crippen molar-refractivity contribution in [3.05, 3.63) is 53.5 Å². The largest absolute Gasteiger partial charge is 0.293 e.